The highest BCUT2D eigenvalue weighted by atomic mass is 16.2. The molecular formula is C16H22N4O2. The number of carbonyl (C=O) groups is 1. The van der Waals surface area contributed by atoms with Gasteiger partial charge in [-0.25, -0.2) is 4.68 Å². The van der Waals surface area contributed by atoms with Crippen molar-refractivity contribution in [3.05, 3.63) is 40.8 Å². The van der Waals surface area contributed by atoms with Crippen LogP contribution in [0.15, 0.2) is 35.3 Å². The highest BCUT2D eigenvalue weighted by molar-refractivity contribution is 5.81. The molecule has 0 saturated heterocycles. The second-order valence-electron chi connectivity index (χ2n) is 6.02. The van der Waals surface area contributed by atoms with E-state index in [2.05, 4.69) is 10.4 Å². The molecule has 0 bridgehead atoms. The summed E-state index contributed by atoms with van der Waals surface area (Å²) in [5.41, 5.74) is 4.98. The van der Waals surface area contributed by atoms with E-state index in [0.29, 0.717) is 11.9 Å². The third-order valence-electron chi connectivity index (χ3n) is 4.18. The molecule has 6 nitrogen and oxygen atoms in total. The maximum atomic E-state index is 12.3. The van der Waals surface area contributed by atoms with Gasteiger partial charge in [0.25, 0.3) is 5.56 Å². The first-order valence-electron chi connectivity index (χ1n) is 7.33. The summed E-state index contributed by atoms with van der Waals surface area (Å²) in [5, 5.41) is 8.28. The van der Waals surface area contributed by atoms with Crippen molar-refractivity contribution in [1.29, 1.82) is 0 Å². The van der Waals surface area contributed by atoms with E-state index in [9.17, 15) is 9.59 Å². The van der Waals surface area contributed by atoms with E-state index >= 15 is 0 Å². The van der Waals surface area contributed by atoms with Crippen LogP contribution in [0.3, 0.4) is 0 Å². The van der Waals surface area contributed by atoms with Gasteiger partial charge in [-0.15, -0.1) is 0 Å². The molecule has 1 unspecified atom stereocenters. The fourth-order valence-electron chi connectivity index (χ4n) is 2.17. The Labute approximate surface area is 129 Å². The Morgan fingerprint density at radius 3 is 2.73 bits per heavy atom. The minimum Gasteiger partial charge on any atom is -0.348 e. The normalized spacial score (nSPS) is 14.0. The Bertz CT molecular complexity index is 738. The van der Waals surface area contributed by atoms with Gasteiger partial charge in [0, 0.05) is 11.9 Å². The lowest BCUT2D eigenvalue weighted by Crippen LogP contribution is -2.56. The van der Waals surface area contributed by atoms with Crippen molar-refractivity contribution in [2.75, 3.05) is 6.54 Å². The molecule has 0 fully saturated rings. The number of nitrogens with zero attached hydrogens (tertiary/aromatic N) is 2. The first-order chi connectivity index (χ1) is 10.4. The molecule has 2 rings (SSSR count). The summed E-state index contributed by atoms with van der Waals surface area (Å²) < 4.78 is 1.18. The van der Waals surface area contributed by atoms with Crippen LogP contribution in [-0.2, 0) is 11.3 Å². The van der Waals surface area contributed by atoms with Crippen LogP contribution in [-0.4, -0.2) is 27.8 Å². The van der Waals surface area contributed by atoms with Crippen LogP contribution in [0.25, 0.3) is 10.8 Å². The smallest absolute Gasteiger partial charge is 0.275 e. The summed E-state index contributed by atoms with van der Waals surface area (Å²) in [6.07, 6.45) is 1.59. The summed E-state index contributed by atoms with van der Waals surface area (Å²) in [7, 11) is 0. The SMILES string of the molecule is CC(C)C(C)(CN)NC(=O)Cn1ncc2ccccc2c1=O. The number of fused-ring (bicyclic) bond motifs is 1. The third kappa shape index (κ3) is 3.17. The molecule has 0 aliphatic rings. The van der Waals surface area contributed by atoms with E-state index in [0.717, 1.165) is 5.39 Å². The van der Waals surface area contributed by atoms with Crippen molar-refractivity contribution in [2.24, 2.45) is 11.7 Å². The number of benzene rings is 1. The van der Waals surface area contributed by atoms with Crippen LogP contribution < -0.4 is 16.6 Å². The van der Waals surface area contributed by atoms with Gasteiger partial charge in [-0.1, -0.05) is 32.0 Å². The Balaban J connectivity index is 2.22. The third-order valence-corrected chi connectivity index (χ3v) is 4.18. The second kappa shape index (κ2) is 6.27. The molecule has 1 aromatic heterocycles. The molecule has 1 aromatic carbocycles. The Hall–Kier alpha value is -2.21. The zero-order valence-electron chi connectivity index (χ0n) is 13.2. The molecule has 3 N–H and O–H groups in total. The first kappa shape index (κ1) is 16.2. The monoisotopic (exact) mass is 302 g/mol. The van der Waals surface area contributed by atoms with Crippen LogP contribution in [0, 0.1) is 5.92 Å². The number of aromatic nitrogens is 2. The molecule has 0 spiro atoms. The average molecular weight is 302 g/mol. The zero-order valence-corrected chi connectivity index (χ0v) is 13.2. The number of nitrogens with one attached hydrogen (secondary N) is 1. The highest BCUT2D eigenvalue weighted by Crippen LogP contribution is 2.14. The fourth-order valence-corrected chi connectivity index (χ4v) is 2.17. The van der Waals surface area contributed by atoms with E-state index in [1.54, 1.807) is 18.3 Å². The van der Waals surface area contributed by atoms with Crippen LogP contribution >= 0.6 is 0 Å². The van der Waals surface area contributed by atoms with Crippen molar-refractivity contribution in [1.82, 2.24) is 15.1 Å². The van der Waals surface area contributed by atoms with Crippen molar-refractivity contribution in [2.45, 2.75) is 32.9 Å². The number of amides is 1. The van der Waals surface area contributed by atoms with Crippen LogP contribution in [0.4, 0.5) is 0 Å². The molecule has 0 radical (unpaired) electrons. The van der Waals surface area contributed by atoms with Gasteiger partial charge in [-0.3, -0.25) is 9.59 Å². The van der Waals surface area contributed by atoms with Gasteiger partial charge in [-0.05, 0) is 18.9 Å². The summed E-state index contributed by atoms with van der Waals surface area (Å²) >= 11 is 0. The van der Waals surface area contributed by atoms with E-state index in [4.69, 9.17) is 5.73 Å². The number of rotatable bonds is 5. The summed E-state index contributed by atoms with van der Waals surface area (Å²) in [6.45, 7) is 6.09. The Kier molecular flexibility index (Phi) is 4.61. The maximum Gasteiger partial charge on any atom is 0.275 e. The van der Waals surface area contributed by atoms with Gasteiger partial charge in [0.05, 0.1) is 17.1 Å². The van der Waals surface area contributed by atoms with Crippen molar-refractivity contribution < 1.29 is 4.79 Å². The molecular weight excluding hydrogens is 280 g/mol. The topological polar surface area (TPSA) is 90.0 Å². The highest BCUT2D eigenvalue weighted by Gasteiger charge is 2.28. The zero-order chi connectivity index (χ0) is 16.3. The molecule has 0 saturated carbocycles. The number of nitrogens with two attached hydrogens (primary N) is 1. The van der Waals surface area contributed by atoms with E-state index < -0.39 is 5.54 Å². The predicted octanol–water partition coefficient (Wildman–Crippen LogP) is 0.886. The first-order valence-corrected chi connectivity index (χ1v) is 7.33. The molecule has 2 aromatic rings. The van der Waals surface area contributed by atoms with Crippen LogP contribution in [0.2, 0.25) is 0 Å². The van der Waals surface area contributed by atoms with E-state index in [-0.39, 0.29) is 23.9 Å². The summed E-state index contributed by atoms with van der Waals surface area (Å²) in [4.78, 5) is 24.5. The molecule has 22 heavy (non-hydrogen) atoms. The lowest BCUT2D eigenvalue weighted by Gasteiger charge is -2.33. The fraction of sp³-hybridized carbons (Fsp3) is 0.438. The molecule has 0 aliphatic heterocycles. The quantitative estimate of drug-likeness (QED) is 0.858. The molecule has 1 heterocycles. The van der Waals surface area contributed by atoms with Gasteiger partial charge in [0.2, 0.25) is 5.91 Å². The van der Waals surface area contributed by atoms with Crippen LogP contribution in [0.5, 0.6) is 0 Å². The lowest BCUT2D eigenvalue weighted by molar-refractivity contribution is -0.124. The van der Waals surface area contributed by atoms with E-state index in [1.807, 2.05) is 32.9 Å². The molecule has 118 valence electrons. The lowest BCUT2D eigenvalue weighted by atomic mass is 9.88. The molecule has 1 amide bonds. The molecule has 0 aliphatic carbocycles. The van der Waals surface area contributed by atoms with Crippen LogP contribution in [0.1, 0.15) is 20.8 Å². The van der Waals surface area contributed by atoms with Gasteiger partial charge in [-0.2, -0.15) is 5.10 Å². The molecule has 1 atom stereocenters. The number of carbonyl (C=O) groups excluding carboxylic acids is 1. The van der Waals surface area contributed by atoms with Gasteiger partial charge in [0.15, 0.2) is 0 Å². The minimum atomic E-state index is -0.502. The molecule has 6 heteroatoms. The second-order valence-corrected chi connectivity index (χ2v) is 6.02. The standard InChI is InChI=1S/C16H22N4O2/c1-11(2)16(3,10-17)19-14(21)9-20-15(22)13-7-5-4-6-12(13)8-18-20/h4-8,11H,9-10,17H2,1-3H3,(H,19,21). The predicted molar refractivity (Wildman–Crippen MR) is 86.4 cm³/mol. The van der Waals surface area contributed by atoms with Crippen molar-refractivity contribution in [3.63, 3.8) is 0 Å². The summed E-state index contributed by atoms with van der Waals surface area (Å²) in [6, 6.07) is 7.18. The van der Waals surface area contributed by atoms with Gasteiger partial charge in [0.1, 0.15) is 6.54 Å². The minimum absolute atomic E-state index is 0.119. The van der Waals surface area contributed by atoms with E-state index in [1.165, 1.54) is 4.68 Å². The van der Waals surface area contributed by atoms with Crippen molar-refractivity contribution >= 4 is 16.7 Å². The Morgan fingerprint density at radius 2 is 2.09 bits per heavy atom. The maximum absolute atomic E-state index is 12.3. The van der Waals surface area contributed by atoms with Crippen molar-refractivity contribution in [3.8, 4) is 0 Å². The van der Waals surface area contributed by atoms with Gasteiger partial charge < -0.3 is 11.1 Å². The average Bonchev–Trinajstić information content (AvgIpc) is 2.50. The largest absolute Gasteiger partial charge is 0.348 e. The Morgan fingerprint density at radius 1 is 1.41 bits per heavy atom. The van der Waals surface area contributed by atoms with Gasteiger partial charge >= 0.3 is 0 Å². The number of hydrogen-bond donors (Lipinski definition) is 2. The summed E-state index contributed by atoms with van der Waals surface area (Å²) in [5.74, 6) is -0.0886. The number of hydrogen-bond acceptors (Lipinski definition) is 4.